The van der Waals surface area contributed by atoms with Gasteiger partial charge in [0.15, 0.2) is 0 Å². The molecule has 0 radical (unpaired) electrons. The lowest BCUT2D eigenvalue weighted by Crippen LogP contribution is -2.41. The van der Waals surface area contributed by atoms with Crippen LogP contribution in [0.4, 0.5) is 0 Å². The second-order valence-corrected chi connectivity index (χ2v) is 5.64. The quantitative estimate of drug-likeness (QED) is 0.678. The van der Waals surface area contributed by atoms with Crippen molar-refractivity contribution in [3.63, 3.8) is 0 Å². The molecule has 0 heterocycles. The molecular weight excluding hydrogens is 176 g/mol. The van der Waals surface area contributed by atoms with Gasteiger partial charge >= 0.3 is 0 Å². The van der Waals surface area contributed by atoms with Gasteiger partial charge in [-0.15, -0.1) is 0 Å². The second-order valence-electron chi connectivity index (χ2n) is 5.64. The lowest BCUT2D eigenvalue weighted by molar-refractivity contribution is -0.0909. The topological polar surface area (TPSA) is 18.5 Å². The molecule has 0 aromatic carbocycles. The summed E-state index contributed by atoms with van der Waals surface area (Å²) in [5.74, 6) is 0.669. The van der Waals surface area contributed by atoms with Gasteiger partial charge in [0.2, 0.25) is 0 Å². The van der Waals surface area contributed by atoms with E-state index in [0.29, 0.717) is 22.9 Å². The van der Waals surface area contributed by atoms with E-state index in [1.165, 1.54) is 12.8 Å². The van der Waals surface area contributed by atoms with Crippen LogP contribution in [0.15, 0.2) is 0 Å². The molecule has 2 rings (SSSR count). The maximum absolute atomic E-state index is 5.66. The Morgan fingerprint density at radius 2 is 1.71 bits per heavy atom. The molecule has 82 valence electrons. The van der Waals surface area contributed by atoms with E-state index in [-0.39, 0.29) is 6.10 Å². The Labute approximate surface area is 87.0 Å². The zero-order valence-corrected chi connectivity index (χ0v) is 9.96. The monoisotopic (exact) mass is 198 g/mol. The van der Waals surface area contributed by atoms with Crippen LogP contribution in [0.1, 0.15) is 33.6 Å². The largest absolute Gasteiger partial charge is 0.378 e. The molecule has 0 aromatic rings. The minimum absolute atomic E-state index is 0.279. The highest BCUT2D eigenvalue weighted by atomic mass is 16.5. The van der Waals surface area contributed by atoms with E-state index in [1.54, 1.807) is 0 Å². The molecule has 4 atom stereocenters. The molecule has 0 amide bonds. The summed E-state index contributed by atoms with van der Waals surface area (Å²) in [7, 11) is 3.63. The Morgan fingerprint density at radius 3 is 2.14 bits per heavy atom. The second kappa shape index (κ2) is 2.96. The fourth-order valence-corrected chi connectivity index (χ4v) is 3.90. The minimum Gasteiger partial charge on any atom is -0.378 e. The summed E-state index contributed by atoms with van der Waals surface area (Å²) in [5.41, 5.74) is 0.654. The maximum atomic E-state index is 5.66. The summed E-state index contributed by atoms with van der Waals surface area (Å²) in [5, 5.41) is 0. The lowest BCUT2D eigenvalue weighted by Gasteiger charge is -2.38. The highest BCUT2D eigenvalue weighted by molar-refractivity contribution is 5.15. The van der Waals surface area contributed by atoms with E-state index < -0.39 is 0 Å². The summed E-state index contributed by atoms with van der Waals surface area (Å²) < 4.78 is 11.3. The molecule has 2 heteroatoms. The normalized spacial score (nSPS) is 49.9. The molecule has 2 bridgehead atoms. The van der Waals surface area contributed by atoms with Crippen LogP contribution in [-0.2, 0) is 9.47 Å². The van der Waals surface area contributed by atoms with Crippen molar-refractivity contribution in [3.8, 4) is 0 Å². The lowest BCUT2D eigenvalue weighted by atomic mass is 9.70. The van der Waals surface area contributed by atoms with Gasteiger partial charge in [0.25, 0.3) is 0 Å². The van der Waals surface area contributed by atoms with Crippen LogP contribution >= 0.6 is 0 Å². The van der Waals surface area contributed by atoms with Gasteiger partial charge < -0.3 is 9.47 Å². The van der Waals surface area contributed by atoms with Crippen molar-refractivity contribution in [2.24, 2.45) is 16.7 Å². The van der Waals surface area contributed by atoms with Crippen molar-refractivity contribution in [2.75, 3.05) is 14.2 Å². The average molecular weight is 198 g/mol. The summed E-state index contributed by atoms with van der Waals surface area (Å²) >= 11 is 0. The van der Waals surface area contributed by atoms with Crippen molar-refractivity contribution < 1.29 is 9.47 Å². The molecule has 2 saturated carbocycles. The highest BCUT2D eigenvalue weighted by Crippen LogP contribution is 2.66. The molecule has 2 fully saturated rings. The van der Waals surface area contributed by atoms with Gasteiger partial charge in [0.05, 0.1) is 12.2 Å². The Morgan fingerprint density at radius 1 is 1.07 bits per heavy atom. The van der Waals surface area contributed by atoms with E-state index in [0.717, 1.165) is 0 Å². The SMILES string of the molecule is CO[C@@H]1[C@H]2CC[C@@](C)([C@@H]1OC)C2(C)C. The van der Waals surface area contributed by atoms with Crippen molar-refractivity contribution >= 4 is 0 Å². The predicted molar refractivity (Wildman–Crippen MR) is 56.2 cm³/mol. The van der Waals surface area contributed by atoms with Crippen LogP contribution in [0, 0.1) is 16.7 Å². The van der Waals surface area contributed by atoms with Crippen molar-refractivity contribution in [2.45, 2.75) is 45.8 Å². The number of ether oxygens (including phenoxy) is 2. The standard InChI is InChI=1S/C12H22O2/c1-11(2)8-6-7-12(11,3)10(14-5)9(8)13-4/h8-10H,6-7H2,1-5H3/t8-,9-,10-,12+/m1/s1. The van der Waals surface area contributed by atoms with Crippen LogP contribution < -0.4 is 0 Å². The van der Waals surface area contributed by atoms with Gasteiger partial charge in [-0.25, -0.2) is 0 Å². The molecule has 14 heavy (non-hydrogen) atoms. The molecule has 2 aliphatic rings. The fourth-order valence-electron chi connectivity index (χ4n) is 3.90. The number of rotatable bonds is 2. The van der Waals surface area contributed by atoms with Crippen LogP contribution in [0.25, 0.3) is 0 Å². The first kappa shape index (κ1) is 10.4. The summed E-state index contributed by atoms with van der Waals surface area (Å²) in [6.07, 6.45) is 3.15. The van der Waals surface area contributed by atoms with E-state index in [9.17, 15) is 0 Å². The molecular formula is C12H22O2. The Balaban J connectivity index is 2.38. The van der Waals surface area contributed by atoms with Gasteiger partial charge in [-0.05, 0) is 24.2 Å². The number of fused-ring (bicyclic) bond motifs is 2. The first-order valence-electron chi connectivity index (χ1n) is 5.54. The highest BCUT2D eigenvalue weighted by Gasteiger charge is 2.66. The summed E-state index contributed by atoms with van der Waals surface area (Å²) in [4.78, 5) is 0. The smallest absolute Gasteiger partial charge is 0.0894 e. The molecule has 0 N–H and O–H groups in total. The molecule has 2 aliphatic carbocycles. The first-order valence-corrected chi connectivity index (χ1v) is 5.54. The van der Waals surface area contributed by atoms with Gasteiger partial charge in [-0.1, -0.05) is 20.8 Å². The minimum atomic E-state index is 0.279. The van der Waals surface area contributed by atoms with E-state index in [2.05, 4.69) is 20.8 Å². The van der Waals surface area contributed by atoms with Crippen LogP contribution in [0.5, 0.6) is 0 Å². The van der Waals surface area contributed by atoms with Gasteiger partial charge in [0, 0.05) is 19.6 Å². The average Bonchev–Trinajstić information content (AvgIpc) is 2.46. The fraction of sp³-hybridized carbons (Fsp3) is 1.00. The van der Waals surface area contributed by atoms with Crippen molar-refractivity contribution in [1.29, 1.82) is 0 Å². The van der Waals surface area contributed by atoms with Crippen LogP contribution in [-0.4, -0.2) is 26.4 Å². The number of hydrogen-bond donors (Lipinski definition) is 0. The number of hydrogen-bond acceptors (Lipinski definition) is 2. The first-order chi connectivity index (χ1) is 6.49. The summed E-state index contributed by atoms with van der Waals surface area (Å²) in [6, 6.07) is 0. The van der Waals surface area contributed by atoms with Gasteiger partial charge in [0.1, 0.15) is 0 Å². The van der Waals surface area contributed by atoms with Crippen molar-refractivity contribution in [1.82, 2.24) is 0 Å². The van der Waals surface area contributed by atoms with Crippen molar-refractivity contribution in [3.05, 3.63) is 0 Å². The number of methoxy groups -OCH3 is 2. The molecule has 0 aliphatic heterocycles. The molecule has 0 saturated heterocycles. The third kappa shape index (κ3) is 0.938. The Hall–Kier alpha value is -0.0800. The Kier molecular flexibility index (Phi) is 2.20. The maximum Gasteiger partial charge on any atom is 0.0894 e. The van der Waals surface area contributed by atoms with E-state index >= 15 is 0 Å². The van der Waals surface area contributed by atoms with Crippen LogP contribution in [0.3, 0.4) is 0 Å². The zero-order chi connectivity index (χ0) is 10.6. The predicted octanol–water partition coefficient (Wildman–Crippen LogP) is 2.47. The van der Waals surface area contributed by atoms with E-state index in [1.807, 2.05) is 14.2 Å². The van der Waals surface area contributed by atoms with Gasteiger partial charge in [-0.2, -0.15) is 0 Å². The molecule has 0 spiro atoms. The summed E-state index contributed by atoms with van der Waals surface area (Å²) in [6.45, 7) is 7.10. The molecule has 0 aromatic heterocycles. The van der Waals surface area contributed by atoms with Crippen LogP contribution in [0.2, 0.25) is 0 Å². The zero-order valence-electron chi connectivity index (χ0n) is 9.96. The molecule has 2 nitrogen and oxygen atoms in total. The van der Waals surface area contributed by atoms with Gasteiger partial charge in [-0.3, -0.25) is 0 Å². The third-order valence-electron chi connectivity index (χ3n) is 5.22. The third-order valence-corrected chi connectivity index (χ3v) is 5.22. The Bertz CT molecular complexity index is 236. The molecule has 0 unspecified atom stereocenters. The van der Waals surface area contributed by atoms with E-state index in [4.69, 9.17) is 9.47 Å².